The van der Waals surface area contributed by atoms with Crippen LogP contribution in [0.2, 0.25) is 0 Å². The van der Waals surface area contributed by atoms with Crippen molar-refractivity contribution in [3.05, 3.63) is 59.4 Å². The molecular formula is C15H15N3O3. The zero-order valence-electron chi connectivity index (χ0n) is 11.5. The van der Waals surface area contributed by atoms with Gasteiger partial charge in [0.1, 0.15) is 0 Å². The van der Waals surface area contributed by atoms with Gasteiger partial charge in [0.05, 0.1) is 23.5 Å². The summed E-state index contributed by atoms with van der Waals surface area (Å²) in [5.74, 6) is -1.09. The number of rotatable bonds is 4. The van der Waals surface area contributed by atoms with Crippen LogP contribution in [0.3, 0.4) is 0 Å². The molecule has 2 amide bonds. The molecule has 0 bridgehead atoms. The SMILES string of the molecule is Cc1cccc(CNC(=O)Nc2ccccc2C(=O)O)n1. The monoisotopic (exact) mass is 285 g/mol. The molecule has 0 radical (unpaired) electrons. The summed E-state index contributed by atoms with van der Waals surface area (Å²) >= 11 is 0. The van der Waals surface area contributed by atoms with Crippen molar-refractivity contribution in [1.29, 1.82) is 0 Å². The standard InChI is InChI=1S/C15H15N3O3/c1-10-5-4-6-11(17-10)9-16-15(21)18-13-8-3-2-7-12(13)14(19)20/h2-8H,9H2,1H3,(H,19,20)(H2,16,18,21). The lowest BCUT2D eigenvalue weighted by Gasteiger charge is -2.09. The second-order valence-corrected chi connectivity index (χ2v) is 4.43. The normalized spacial score (nSPS) is 9.95. The predicted molar refractivity (Wildman–Crippen MR) is 78.2 cm³/mol. The highest BCUT2D eigenvalue weighted by Gasteiger charge is 2.11. The number of carboxylic acids is 1. The Hall–Kier alpha value is -2.89. The fourth-order valence-corrected chi connectivity index (χ4v) is 1.81. The Morgan fingerprint density at radius 1 is 1.14 bits per heavy atom. The Morgan fingerprint density at radius 3 is 2.62 bits per heavy atom. The average Bonchev–Trinajstić information content (AvgIpc) is 2.45. The fraction of sp³-hybridized carbons (Fsp3) is 0.133. The Labute approximate surface area is 121 Å². The van der Waals surface area contributed by atoms with Crippen molar-refractivity contribution in [2.75, 3.05) is 5.32 Å². The maximum absolute atomic E-state index is 11.8. The molecule has 21 heavy (non-hydrogen) atoms. The summed E-state index contributed by atoms with van der Waals surface area (Å²) in [5.41, 5.74) is 1.89. The number of aromatic carboxylic acids is 1. The number of carbonyl (C=O) groups is 2. The van der Waals surface area contributed by atoms with Gasteiger partial charge in [-0.3, -0.25) is 4.98 Å². The van der Waals surface area contributed by atoms with E-state index < -0.39 is 12.0 Å². The summed E-state index contributed by atoms with van der Waals surface area (Å²) < 4.78 is 0. The van der Waals surface area contributed by atoms with Crippen LogP contribution in [0.1, 0.15) is 21.7 Å². The van der Waals surface area contributed by atoms with Crippen molar-refractivity contribution in [2.45, 2.75) is 13.5 Å². The molecule has 108 valence electrons. The van der Waals surface area contributed by atoms with Crippen LogP contribution < -0.4 is 10.6 Å². The molecular weight excluding hydrogens is 270 g/mol. The van der Waals surface area contributed by atoms with E-state index in [2.05, 4.69) is 15.6 Å². The minimum Gasteiger partial charge on any atom is -0.478 e. The van der Waals surface area contributed by atoms with E-state index in [4.69, 9.17) is 5.11 Å². The summed E-state index contributed by atoms with van der Waals surface area (Å²) in [5, 5.41) is 14.2. The molecule has 1 aromatic heterocycles. The molecule has 0 saturated heterocycles. The fourth-order valence-electron chi connectivity index (χ4n) is 1.81. The Morgan fingerprint density at radius 2 is 1.90 bits per heavy atom. The first-order valence-corrected chi connectivity index (χ1v) is 6.36. The number of hydrogen-bond donors (Lipinski definition) is 3. The van der Waals surface area contributed by atoms with E-state index in [1.54, 1.807) is 18.2 Å². The number of anilines is 1. The maximum atomic E-state index is 11.8. The first-order valence-electron chi connectivity index (χ1n) is 6.36. The average molecular weight is 285 g/mol. The number of aromatic nitrogens is 1. The summed E-state index contributed by atoms with van der Waals surface area (Å²) in [6.45, 7) is 2.13. The van der Waals surface area contributed by atoms with Crippen molar-refractivity contribution in [3.63, 3.8) is 0 Å². The number of carbonyl (C=O) groups excluding carboxylic acids is 1. The van der Waals surface area contributed by atoms with E-state index in [9.17, 15) is 9.59 Å². The van der Waals surface area contributed by atoms with Gasteiger partial charge in [-0.2, -0.15) is 0 Å². The van der Waals surface area contributed by atoms with E-state index in [0.29, 0.717) is 0 Å². The van der Waals surface area contributed by atoms with Crippen LogP contribution in [-0.2, 0) is 6.54 Å². The minimum atomic E-state index is -1.09. The first-order chi connectivity index (χ1) is 10.1. The lowest BCUT2D eigenvalue weighted by Crippen LogP contribution is -2.29. The Kier molecular flexibility index (Phi) is 4.50. The van der Waals surface area contributed by atoms with Gasteiger partial charge in [-0.1, -0.05) is 18.2 Å². The van der Waals surface area contributed by atoms with Gasteiger partial charge in [0, 0.05) is 5.69 Å². The number of pyridine rings is 1. The molecule has 0 atom stereocenters. The van der Waals surface area contributed by atoms with Crippen molar-refractivity contribution >= 4 is 17.7 Å². The molecule has 0 aliphatic heterocycles. The van der Waals surface area contributed by atoms with Crippen LogP contribution >= 0.6 is 0 Å². The van der Waals surface area contributed by atoms with Gasteiger partial charge in [-0.05, 0) is 31.2 Å². The van der Waals surface area contributed by atoms with Gasteiger partial charge in [0.25, 0.3) is 0 Å². The highest BCUT2D eigenvalue weighted by atomic mass is 16.4. The minimum absolute atomic E-state index is 0.0429. The number of nitrogens with one attached hydrogen (secondary N) is 2. The third-order valence-corrected chi connectivity index (χ3v) is 2.78. The second-order valence-electron chi connectivity index (χ2n) is 4.43. The molecule has 2 aromatic rings. The zero-order valence-corrected chi connectivity index (χ0v) is 11.5. The van der Waals surface area contributed by atoms with E-state index >= 15 is 0 Å². The molecule has 1 heterocycles. The number of amides is 2. The zero-order chi connectivity index (χ0) is 15.2. The molecule has 3 N–H and O–H groups in total. The second kappa shape index (κ2) is 6.51. The molecule has 0 spiro atoms. The molecule has 0 saturated carbocycles. The lowest BCUT2D eigenvalue weighted by molar-refractivity contribution is 0.0698. The van der Waals surface area contributed by atoms with Crippen LogP contribution in [-0.4, -0.2) is 22.1 Å². The van der Waals surface area contributed by atoms with Gasteiger partial charge in [0.2, 0.25) is 0 Å². The third-order valence-electron chi connectivity index (χ3n) is 2.78. The van der Waals surface area contributed by atoms with Crippen LogP contribution in [0.15, 0.2) is 42.5 Å². The molecule has 0 unspecified atom stereocenters. The van der Waals surface area contributed by atoms with Gasteiger partial charge in [-0.15, -0.1) is 0 Å². The largest absolute Gasteiger partial charge is 0.478 e. The van der Waals surface area contributed by atoms with Gasteiger partial charge >= 0.3 is 12.0 Å². The Bertz CT molecular complexity index is 671. The summed E-state index contributed by atoms with van der Waals surface area (Å²) in [6.07, 6.45) is 0. The van der Waals surface area contributed by atoms with Crippen molar-refractivity contribution in [2.24, 2.45) is 0 Å². The van der Waals surface area contributed by atoms with Crippen LogP contribution in [0.5, 0.6) is 0 Å². The summed E-state index contributed by atoms with van der Waals surface area (Å²) in [7, 11) is 0. The number of hydrogen-bond acceptors (Lipinski definition) is 3. The van der Waals surface area contributed by atoms with E-state index in [0.717, 1.165) is 11.4 Å². The summed E-state index contributed by atoms with van der Waals surface area (Å²) in [6, 6.07) is 11.3. The third kappa shape index (κ3) is 4.04. The smallest absolute Gasteiger partial charge is 0.337 e. The number of nitrogens with zero attached hydrogens (tertiary/aromatic N) is 1. The molecule has 6 heteroatoms. The van der Waals surface area contributed by atoms with E-state index in [1.165, 1.54) is 12.1 Å². The predicted octanol–water partition coefficient (Wildman–Crippen LogP) is 2.41. The Balaban J connectivity index is 1.98. The van der Waals surface area contributed by atoms with Crippen LogP contribution in [0.4, 0.5) is 10.5 Å². The van der Waals surface area contributed by atoms with Crippen molar-refractivity contribution in [1.82, 2.24) is 10.3 Å². The van der Waals surface area contributed by atoms with Crippen molar-refractivity contribution in [3.8, 4) is 0 Å². The van der Waals surface area contributed by atoms with Crippen LogP contribution in [0.25, 0.3) is 0 Å². The van der Waals surface area contributed by atoms with E-state index in [1.807, 2.05) is 19.1 Å². The molecule has 0 aliphatic rings. The topological polar surface area (TPSA) is 91.3 Å². The quantitative estimate of drug-likeness (QED) is 0.804. The molecule has 6 nitrogen and oxygen atoms in total. The number of urea groups is 1. The van der Waals surface area contributed by atoms with Gasteiger partial charge in [-0.25, -0.2) is 9.59 Å². The van der Waals surface area contributed by atoms with Crippen LogP contribution in [0, 0.1) is 6.92 Å². The molecule has 1 aromatic carbocycles. The first kappa shape index (κ1) is 14.5. The highest BCUT2D eigenvalue weighted by Crippen LogP contribution is 2.14. The lowest BCUT2D eigenvalue weighted by atomic mass is 10.2. The number of carboxylic acid groups (broad SMARTS) is 1. The molecule has 0 fully saturated rings. The maximum Gasteiger partial charge on any atom is 0.337 e. The molecule has 0 aliphatic carbocycles. The summed E-state index contributed by atoms with van der Waals surface area (Å²) in [4.78, 5) is 27.1. The van der Waals surface area contributed by atoms with Gasteiger partial charge < -0.3 is 15.7 Å². The number of aryl methyl sites for hydroxylation is 1. The number of benzene rings is 1. The van der Waals surface area contributed by atoms with Gasteiger partial charge in [0.15, 0.2) is 0 Å². The van der Waals surface area contributed by atoms with Crippen molar-refractivity contribution < 1.29 is 14.7 Å². The van der Waals surface area contributed by atoms with E-state index in [-0.39, 0.29) is 17.8 Å². The molecule has 2 rings (SSSR count). The highest BCUT2D eigenvalue weighted by molar-refractivity contribution is 5.99. The number of para-hydroxylation sites is 1.